The van der Waals surface area contributed by atoms with Crippen LogP contribution >= 0.6 is 0 Å². The highest BCUT2D eigenvalue weighted by Crippen LogP contribution is 2.28. The van der Waals surface area contributed by atoms with E-state index in [-0.39, 0.29) is 11.6 Å². The zero-order chi connectivity index (χ0) is 22.2. The minimum absolute atomic E-state index is 0.254. The van der Waals surface area contributed by atoms with E-state index in [4.69, 9.17) is 9.78 Å². The molecule has 0 bridgehead atoms. The van der Waals surface area contributed by atoms with E-state index in [0.717, 1.165) is 0 Å². The summed E-state index contributed by atoms with van der Waals surface area (Å²) in [5, 5.41) is 0. The van der Waals surface area contributed by atoms with Gasteiger partial charge in [-0.05, 0) is 11.1 Å². The minimum atomic E-state index is -1.02. The number of carbonyl (C=O) groups excluding carboxylic acids is 2. The van der Waals surface area contributed by atoms with Crippen molar-refractivity contribution in [1.82, 2.24) is 0 Å². The first-order valence-corrected chi connectivity index (χ1v) is 10.3. The third-order valence-electron chi connectivity index (χ3n) is 5.05. The molecule has 32 heavy (non-hydrogen) atoms. The third-order valence-corrected chi connectivity index (χ3v) is 5.05. The van der Waals surface area contributed by atoms with Crippen LogP contribution in [0, 0.1) is 0 Å². The Bertz CT molecular complexity index is 1050. The molecule has 2 atom stereocenters. The third kappa shape index (κ3) is 5.06. The molecule has 158 valence electrons. The van der Waals surface area contributed by atoms with Gasteiger partial charge in [0.2, 0.25) is 0 Å². The van der Waals surface area contributed by atoms with Gasteiger partial charge in [-0.15, -0.1) is 0 Å². The van der Waals surface area contributed by atoms with Gasteiger partial charge in [-0.3, -0.25) is 9.59 Å². The van der Waals surface area contributed by atoms with Gasteiger partial charge >= 0.3 is 0 Å². The summed E-state index contributed by atoms with van der Waals surface area (Å²) in [6.45, 7) is 0. The van der Waals surface area contributed by atoms with Crippen LogP contribution in [-0.4, -0.2) is 11.6 Å². The molecule has 4 rings (SSSR count). The van der Waals surface area contributed by atoms with Crippen LogP contribution in [-0.2, 0) is 9.78 Å². The highest BCUT2D eigenvalue weighted by Gasteiger charge is 2.29. The summed E-state index contributed by atoms with van der Waals surface area (Å²) in [6.07, 6.45) is -2.04. The average Bonchev–Trinajstić information content (AvgIpc) is 2.88. The van der Waals surface area contributed by atoms with Crippen molar-refractivity contribution in [3.8, 4) is 0 Å². The molecular weight excluding hydrogens is 400 g/mol. The number of hydrogen-bond acceptors (Lipinski definition) is 4. The van der Waals surface area contributed by atoms with E-state index in [9.17, 15) is 9.59 Å². The lowest BCUT2D eigenvalue weighted by Crippen LogP contribution is -2.22. The predicted octanol–water partition coefficient (Wildman–Crippen LogP) is 6.18. The molecule has 0 radical (unpaired) electrons. The normalized spacial score (nSPS) is 12.6. The van der Waals surface area contributed by atoms with Crippen molar-refractivity contribution in [2.24, 2.45) is 0 Å². The molecule has 4 aromatic carbocycles. The number of Topliss-reactive ketones (excluding diaryl/α,β-unsaturated/α-hetero) is 2. The number of ketones is 2. The highest BCUT2D eigenvalue weighted by atomic mass is 17.2. The maximum Gasteiger partial charge on any atom is 0.199 e. The maximum atomic E-state index is 13.2. The Labute approximate surface area is 187 Å². The van der Waals surface area contributed by atoms with Crippen molar-refractivity contribution in [3.05, 3.63) is 144 Å². The minimum Gasteiger partial charge on any atom is -0.291 e. The van der Waals surface area contributed by atoms with Crippen molar-refractivity contribution in [2.75, 3.05) is 0 Å². The van der Waals surface area contributed by atoms with Crippen molar-refractivity contribution in [3.63, 3.8) is 0 Å². The van der Waals surface area contributed by atoms with E-state index in [2.05, 4.69) is 0 Å². The summed E-state index contributed by atoms with van der Waals surface area (Å²) in [5.41, 5.74) is 2.27. The van der Waals surface area contributed by atoms with E-state index >= 15 is 0 Å². The Morgan fingerprint density at radius 3 is 1.03 bits per heavy atom. The Kier molecular flexibility index (Phi) is 6.98. The lowest BCUT2D eigenvalue weighted by atomic mass is 9.99. The Hall–Kier alpha value is -3.86. The van der Waals surface area contributed by atoms with E-state index in [1.807, 2.05) is 48.5 Å². The molecule has 4 aromatic rings. The summed E-state index contributed by atoms with van der Waals surface area (Å²) in [5.74, 6) is -0.508. The number of benzene rings is 4. The topological polar surface area (TPSA) is 52.6 Å². The second kappa shape index (κ2) is 10.4. The largest absolute Gasteiger partial charge is 0.291 e. The van der Waals surface area contributed by atoms with Crippen molar-refractivity contribution < 1.29 is 19.4 Å². The molecule has 0 N–H and O–H groups in total. The molecule has 0 aromatic heterocycles. The SMILES string of the molecule is O=C(c1ccccc1)C(OOC(C(=O)c1ccccc1)c1ccccc1)c1ccccc1. The Morgan fingerprint density at radius 2 is 0.719 bits per heavy atom. The van der Waals surface area contributed by atoms with Crippen LogP contribution < -0.4 is 0 Å². The fourth-order valence-corrected chi connectivity index (χ4v) is 3.38. The van der Waals surface area contributed by atoms with Gasteiger partial charge in [0.05, 0.1) is 0 Å². The molecule has 4 nitrogen and oxygen atoms in total. The molecule has 4 heteroatoms. The molecule has 0 aliphatic heterocycles. The Balaban J connectivity index is 1.64. The molecule has 0 fully saturated rings. The zero-order valence-electron chi connectivity index (χ0n) is 17.3. The first-order valence-electron chi connectivity index (χ1n) is 10.3. The molecule has 0 spiro atoms. The Morgan fingerprint density at radius 1 is 0.438 bits per heavy atom. The van der Waals surface area contributed by atoms with E-state index in [1.54, 1.807) is 72.8 Å². The van der Waals surface area contributed by atoms with Crippen LogP contribution in [0.5, 0.6) is 0 Å². The van der Waals surface area contributed by atoms with Gasteiger partial charge in [0.1, 0.15) is 0 Å². The van der Waals surface area contributed by atoms with Crippen molar-refractivity contribution >= 4 is 11.6 Å². The molecule has 0 amide bonds. The van der Waals surface area contributed by atoms with Crippen molar-refractivity contribution in [1.29, 1.82) is 0 Å². The van der Waals surface area contributed by atoms with Crippen LogP contribution in [0.2, 0.25) is 0 Å². The quantitative estimate of drug-likeness (QED) is 0.184. The fraction of sp³-hybridized carbons (Fsp3) is 0.0714. The van der Waals surface area contributed by atoms with E-state index in [1.165, 1.54) is 0 Å². The summed E-state index contributed by atoms with van der Waals surface area (Å²) in [4.78, 5) is 38.0. The van der Waals surface area contributed by atoms with Gasteiger partial charge in [-0.1, -0.05) is 121 Å². The molecule has 0 aliphatic rings. The number of carbonyl (C=O) groups is 2. The summed E-state index contributed by atoms with van der Waals surface area (Å²) in [7, 11) is 0. The summed E-state index contributed by atoms with van der Waals surface area (Å²) in [6, 6.07) is 36.0. The summed E-state index contributed by atoms with van der Waals surface area (Å²) >= 11 is 0. The smallest absolute Gasteiger partial charge is 0.199 e. The zero-order valence-corrected chi connectivity index (χ0v) is 17.3. The number of rotatable bonds is 9. The van der Waals surface area contributed by atoms with E-state index in [0.29, 0.717) is 22.3 Å². The van der Waals surface area contributed by atoms with Crippen LogP contribution in [0.15, 0.2) is 121 Å². The van der Waals surface area contributed by atoms with Crippen molar-refractivity contribution in [2.45, 2.75) is 12.2 Å². The van der Waals surface area contributed by atoms with Crippen LogP contribution in [0.25, 0.3) is 0 Å². The highest BCUT2D eigenvalue weighted by molar-refractivity contribution is 6.00. The van der Waals surface area contributed by atoms with Crippen LogP contribution in [0.1, 0.15) is 44.1 Å². The van der Waals surface area contributed by atoms with Gasteiger partial charge in [-0.2, -0.15) is 0 Å². The molecular formula is C28H22O4. The lowest BCUT2D eigenvalue weighted by Gasteiger charge is -2.21. The molecule has 0 saturated heterocycles. The van der Waals surface area contributed by atoms with E-state index < -0.39 is 12.2 Å². The monoisotopic (exact) mass is 422 g/mol. The second-order valence-electron chi connectivity index (χ2n) is 7.23. The second-order valence-corrected chi connectivity index (χ2v) is 7.23. The molecule has 2 unspecified atom stereocenters. The predicted molar refractivity (Wildman–Crippen MR) is 122 cm³/mol. The van der Waals surface area contributed by atoms with Gasteiger partial charge in [0.15, 0.2) is 23.8 Å². The van der Waals surface area contributed by atoms with Gasteiger partial charge < -0.3 is 0 Å². The molecule has 0 aliphatic carbocycles. The van der Waals surface area contributed by atoms with Crippen LogP contribution in [0.4, 0.5) is 0 Å². The fourth-order valence-electron chi connectivity index (χ4n) is 3.38. The lowest BCUT2D eigenvalue weighted by molar-refractivity contribution is -0.333. The average molecular weight is 422 g/mol. The standard InChI is InChI=1S/C28H22O4/c29-25(21-13-5-1-6-14-21)27(23-17-9-3-10-18-23)31-32-28(24-19-11-4-12-20-24)26(30)22-15-7-2-8-16-22/h1-20,27-28H. The molecule has 0 saturated carbocycles. The van der Waals surface area contributed by atoms with Gasteiger partial charge in [-0.25, -0.2) is 9.78 Å². The van der Waals surface area contributed by atoms with Gasteiger partial charge in [0.25, 0.3) is 0 Å². The summed E-state index contributed by atoms with van der Waals surface area (Å²) < 4.78 is 0. The number of hydrogen-bond donors (Lipinski definition) is 0. The maximum absolute atomic E-state index is 13.2. The first kappa shape index (κ1) is 21.4. The van der Waals surface area contributed by atoms with Crippen LogP contribution in [0.3, 0.4) is 0 Å². The first-order chi connectivity index (χ1) is 15.7. The van der Waals surface area contributed by atoms with Gasteiger partial charge in [0, 0.05) is 11.1 Å². The molecule has 0 heterocycles.